The van der Waals surface area contributed by atoms with Crippen molar-refractivity contribution in [3.8, 4) is 0 Å². The van der Waals surface area contributed by atoms with E-state index in [-0.39, 0.29) is 0 Å². The highest BCUT2D eigenvalue weighted by molar-refractivity contribution is 5.04. The van der Waals surface area contributed by atoms with Gasteiger partial charge in [0.2, 0.25) is 0 Å². The molecule has 10 heavy (non-hydrogen) atoms. The summed E-state index contributed by atoms with van der Waals surface area (Å²) in [4.78, 5) is 0. The molecule has 0 heteroatoms. The van der Waals surface area contributed by atoms with E-state index in [0.29, 0.717) is 5.92 Å². The van der Waals surface area contributed by atoms with E-state index in [9.17, 15) is 0 Å². The molecule has 0 rings (SSSR count). The molecule has 0 aliphatic carbocycles. The molecule has 0 N–H and O–H groups in total. The van der Waals surface area contributed by atoms with E-state index in [4.69, 9.17) is 0 Å². The van der Waals surface area contributed by atoms with Crippen molar-refractivity contribution >= 4 is 0 Å². The normalized spacial score (nSPS) is 14.9. The molecule has 0 amide bonds. The third-order valence-electron chi connectivity index (χ3n) is 1.56. The molecule has 0 aliphatic heterocycles. The molecular formula is C10H18. The zero-order chi connectivity index (χ0) is 7.98. The highest BCUT2D eigenvalue weighted by Crippen LogP contribution is 2.08. The van der Waals surface area contributed by atoms with E-state index >= 15 is 0 Å². The average Bonchev–Trinajstić information content (AvgIpc) is 1.88. The van der Waals surface area contributed by atoms with Crippen LogP contribution in [0.15, 0.2) is 24.3 Å². The van der Waals surface area contributed by atoms with Crippen LogP contribution in [0.2, 0.25) is 0 Å². The molecule has 0 aromatic carbocycles. The van der Waals surface area contributed by atoms with Gasteiger partial charge in [-0.15, -0.1) is 6.58 Å². The Morgan fingerprint density at radius 1 is 1.60 bits per heavy atom. The summed E-state index contributed by atoms with van der Waals surface area (Å²) in [7, 11) is 0. The number of rotatable bonds is 4. The summed E-state index contributed by atoms with van der Waals surface area (Å²) in [6, 6.07) is 0. The first-order chi connectivity index (χ1) is 4.70. The molecule has 1 atom stereocenters. The Morgan fingerprint density at radius 2 is 2.20 bits per heavy atom. The van der Waals surface area contributed by atoms with Gasteiger partial charge >= 0.3 is 0 Å². The third kappa shape index (κ3) is 4.37. The van der Waals surface area contributed by atoms with Gasteiger partial charge in [-0.3, -0.25) is 0 Å². The lowest BCUT2D eigenvalue weighted by Gasteiger charge is -2.00. The highest BCUT2D eigenvalue weighted by atomic mass is 14.0. The average molecular weight is 138 g/mol. The van der Waals surface area contributed by atoms with Crippen molar-refractivity contribution < 1.29 is 0 Å². The van der Waals surface area contributed by atoms with Gasteiger partial charge in [-0.1, -0.05) is 38.0 Å². The van der Waals surface area contributed by atoms with Crippen LogP contribution in [-0.4, -0.2) is 0 Å². The van der Waals surface area contributed by atoms with Gasteiger partial charge in [0.1, 0.15) is 0 Å². The quantitative estimate of drug-likeness (QED) is 0.521. The van der Waals surface area contributed by atoms with Crippen molar-refractivity contribution in [1.29, 1.82) is 0 Å². The van der Waals surface area contributed by atoms with E-state index in [1.165, 1.54) is 18.4 Å². The van der Waals surface area contributed by atoms with Crippen LogP contribution in [0, 0.1) is 5.92 Å². The molecule has 0 spiro atoms. The fourth-order valence-electron chi connectivity index (χ4n) is 0.994. The van der Waals surface area contributed by atoms with Gasteiger partial charge in [0.25, 0.3) is 0 Å². The molecule has 0 nitrogen and oxygen atoms in total. The number of hydrogen-bond donors (Lipinski definition) is 0. The Kier molecular flexibility index (Phi) is 5.00. The molecule has 0 bridgehead atoms. The SMILES string of the molecule is C=CC(C)/C=C(/C)CCC. The maximum Gasteiger partial charge on any atom is -0.00820 e. The van der Waals surface area contributed by atoms with Gasteiger partial charge in [0.15, 0.2) is 0 Å². The first-order valence-electron chi connectivity index (χ1n) is 4.00. The van der Waals surface area contributed by atoms with Gasteiger partial charge in [0.05, 0.1) is 0 Å². The Hall–Kier alpha value is -0.520. The standard InChI is InChI=1S/C10H18/c1-5-7-10(4)8-9(3)6-2/h6,8-9H,2,5,7H2,1,3-4H3/b10-8-. The van der Waals surface area contributed by atoms with Crippen LogP contribution in [0.3, 0.4) is 0 Å². The lowest BCUT2D eigenvalue weighted by Crippen LogP contribution is -1.84. The summed E-state index contributed by atoms with van der Waals surface area (Å²) in [6.45, 7) is 10.3. The maximum atomic E-state index is 3.73. The summed E-state index contributed by atoms with van der Waals surface area (Å²) in [5.74, 6) is 0.534. The Morgan fingerprint density at radius 3 is 2.60 bits per heavy atom. The molecule has 58 valence electrons. The molecule has 1 unspecified atom stereocenters. The van der Waals surface area contributed by atoms with Crippen LogP contribution < -0.4 is 0 Å². The van der Waals surface area contributed by atoms with Crippen molar-refractivity contribution in [2.45, 2.75) is 33.6 Å². The van der Waals surface area contributed by atoms with E-state index < -0.39 is 0 Å². The minimum Gasteiger partial charge on any atom is -0.102 e. The van der Waals surface area contributed by atoms with Gasteiger partial charge in [-0.2, -0.15) is 0 Å². The van der Waals surface area contributed by atoms with Crippen LogP contribution in [0.5, 0.6) is 0 Å². The van der Waals surface area contributed by atoms with Gasteiger partial charge in [0, 0.05) is 0 Å². The molecule has 0 saturated carbocycles. The first-order valence-corrected chi connectivity index (χ1v) is 4.00. The summed E-state index contributed by atoms with van der Waals surface area (Å²) in [6.07, 6.45) is 6.71. The molecule has 0 fully saturated rings. The van der Waals surface area contributed by atoms with Crippen LogP contribution in [0.4, 0.5) is 0 Å². The van der Waals surface area contributed by atoms with Crippen molar-refractivity contribution in [2.24, 2.45) is 5.92 Å². The zero-order valence-electron chi connectivity index (χ0n) is 7.35. The van der Waals surface area contributed by atoms with Crippen LogP contribution in [-0.2, 0) is 0 Å². The first kappa shape index (κ1) is 9.48. The van der Waals surface area contributed by atoms with Crippen LogP contribution in [0.25, 0.3) is 0 Å². The topological polar surface area (TPSA) is 0 Å². The summed E-state index contributed by atoms with van der Waals surface area (Å²) in [5.41, 5.74) is 1.48. The second kappa shape index (κ2) is 5.28. The smallest absolute Gasteiger partial charge is 0.00820 e. The summed E-state index contributed by atoms with van der Waals surface area (Å²) < 4.78 is 0. The predicted molar refractivity (Wildman–Crippen MR) is 48.0 cm³/mol. The highest BCUT2D eigenvalue weighted by Gasteiger charge is 1.91. The molecule has 0 heterocycles. The lowest BCUT2D eigenvalue weighted by molar-refractivity contribution is 0.860. The molecule has 0 aromatic heterocycles. The predicted octanol–water partition coefficient (Wildman–Crippen LogP) is 3.55. The number of allylic oxidation sites excluding steroid dienone is 3. The Balaban J connectivity index is 3.76. The van der Waals surface area contributed by atoms with Crippen LogP contribution in [0.1, 0.15) is 33.6 Å². The minimum atomic E-state index is 0.534. The lowest BCUT2D eigenvalue weighted by atomic mass is 10.1. The Labute approximate surface area is 64.6 Å². The molecule has 0 saturated heterocycles. The monoisotopic (exact) mass is 138 g/mol. The third-order valence-corrected chi connectivity index (χ3v) is 1.56. The molecule has 0 aromatic rings. The number of hydrogen-bond acceptors (Lipinski definition) is 0. The zero-order valence-corrected chi connectivity index (χ0v) is 7.35. The van der Waals surface area contributed by atoms with Crippen molar-refractivity contribution in [2.75, 3.05) is 0 Å². The minimum absolute atomic E-state index is 0.534. The van der Waals surface area contributed by atoms with E-state index in [0.717, 1.165) is 0 Å². The molecular weight excluding hydrogens is 120 g/mol. The fraction of sp³-hybridized carbons (Fsp3) is 0.600. The Bertz CT molecular complexity index is 120. The van der Waals surface area contributed by atoms with Crippen LogP contribution >= 0.6 is 0 Å². The van der Waals surface area contributed by atoms with E-state index in [2.05, 4.69) is 33.4 Å². The van der Waals surface area contributed by atoms with Gasteiger partial charge in [-0.05, 0) is 19.3 Å². The van der Waals surface area contributed by atoms with Gasteiger partial charge < -0.3 is 0 Å². The second-order valence-corrected chi connectivity index (χ2v) is 2.86. The maximum absolute atomic E-state index is 3.73. The molecule has 0 radical (unpaired) electrons. The molecule has 0 aliphatic rings. The summed E-state index contributed by atoms with van der Waals surface area (Å²) >= 11 is 0. The summed E-state index contributed by atoms with van der Waals surface area (Å²) in [5, 5.41) is 0. The second-order valence-electron chi connectivity index (χ2n) is 2.86. The van der Waals surface area contributed by atoms with Crippen molar-refractivity contribution in [1.82, 2.24) is 0 Å². The van der Waals surface area contributed by atoms with E-state index in [1.54, 1.807) is 0 Å². The van der Waals surface area contributed by atoms with Gasteiger partial charge in [-0.25, -0.2) is 0 Å². The van der Waals surface area contributed by atoms with Crippen molar-refractivity contribution in [3.63, 3.8) is 0 Å². The fourth-order valence-corrected chi connectivity index (χ4v) is 0.994. The largest absolute Gasteiger partial charge is 0.102 e. The van der Waals surface area contributed by atoms with E-state index in [1.807, 2.05) is 6.08 Å². The van der Waals surface area contributed by atoms with Crippen molar-refractivity contribution in [3.05, 3.63) is 24.3 Å².